The molecule has 0 spiro atoms. The molecular formula is C16H22F2N2O3. The molecule has 1 aromatic carbocycles. The fourth-order valence-corrected chi connectivity index (χ4v) is 2.18. The van der Waals surface area contributed by atoms with Crippen LogP contribution >= 0.6 is 0 Å². The number of nitrogens with zero attached hydrogens (tertiary/aromatic N) is 1. The van der Waals surface area contributed by atoms with Gasteiger partial charge in [0.05, 0.1) is 6.61 Å². The maximum atomic E-state index is 13.7. The molecule has 2 N–H and O–H groups in total. The number of carbonyl (C=O) groups excluding carboxylic acids is 2. The minimum absolute atomic E-state index is 0.127. The van der Waals surface area contributed by atoms with Crippen molar-refractivity contribution >= 4 is 11.8 Å². The number of nitrogens with one attached hydrogen (secondary N) is 1. The summed E-state index contributed by atoms with van der Waals surface area (Å²) in [5.74, 6) is -3.64. The van der Waals surface area contributed by atoms with Gasteiger partial charge in [0.15, 0.2) is 0 Å². The van der Waals surface area contributed by atoms with Gasteiger partial charge in [-0.05, 0) is 25.0 Å². The van der Waals surface area contributed by atoms with Crippen LogP contribution in [0.25, 0.3) is 0 Å². The summed E-state index contributed by atoms with van der Waals surface area (Å²) < 4.78 is 27.3. The van der Waals surface area contributed by atoms with Crippen molar-refractivity contribution in [1.29, 1.82) is 0 Å². The molecule has 23 heavy (non-hydrogen) atoms. The first-order valence-corrected chi connectivity index (χ1v) is 7.48. The van der Waals surface area contributed by atoms with E-state index in [1.807, 2.05) is 0 Å². The summed E-state index contributed by atoms with van der Waals surface area (Å²) in [5, 5.41) is 11.4. The topological polar surface area (TPSA) is 69.6 Å². The number of likely N-dealkylation sites (N-methyl/N-ethyl adjacent to an activating group) is 1. The van der Waals surface area contributed by atoms with Crippen molar-refractivity contribution < 1.29 is 23.5 Å². The lowest BCUT2D eigenvalue weighted by atomic mass is 10.0. The summed E-state index contributed by atoms with van der Waals surface area (Å²) in [7, 11) is 0. The standard InChI is InChI=1S/C16H22F2N2O3/c1-4-20(8-9-21)16(23)14(10(2)3)19-15(22)13-11(17)6-5-7-12(13)18/h5-7,10,14,21H,4,8-9H2,1-3H3,(H,19,22). The average Bonchev–Trinajstić information content (AvgIpc) is 2.49. The van der Waals surface area contributed by atoms with Gasteiger partial charge in [0, 0.05) is 13.1 Å². The maximum absolute atomic E-state index is 13.7. The molecule has 0 fully saturated rings. The number of benzene rings is 1. The number of hydrogen-bond donors (Lipinski definition) is 2. The first kappa shape index (κ1) is 19.0. The molecule has 0 saturated heterocycles. The van der Waals surface area contributed by atoms with Crippen molar-refractivity contribution in [3.8, 4) is 0 Å². The zero-order valence-corrected chi connectivity index (χ0v) is 13.5. The summed E-state index contributed by atoms with van der Waals surface area (Å²) in [6.45, 7) is 5.44. The molecule has 7 heteroatoms. The van der Waals surface area contributed by atoms with Crippen molar-refractivity contribution in [1.82, 2.24) is 10.2 Å². The fraction of sp³-hybridized carbons (Fsp3) is 0.500. The second-order valence-electron chi connectivity index (χ2n) is 5.43. The van der Waals surface area contributed by atoms with Gasteiger partial charge in [0.2, 0.25) is 5.91 Å². The van der Waals surface area contributed by atoms with Crippen LogP contribution in [0.3, 0.4) is 0 Å². The summed E-state index contributed by atoms with van der Waals surface area (Å²) >= 11 is 0. The molecule has 0 aliphatic carbocycles. The van der Waals surface area contributed by atoms with E-state index < -0.39 is 35.1 Å². The number of aliphatic hydroxyl groups excluding tert-OH is 1. The molecule has 0 aliphatic rings. The Morgan fingerprint density at radius 2 is 1.83 bits per heavy atom. The van der Waals surface area contributed by atoms with E-state index in [4.69, 9.17) is 5.11 Å². The largest absolute Gasteiger partial charge is 0.395 e. The van der Waals surface area contributed by atoms with E-state index in [1.165, 1.54) is 4.90 Å². The molecule has 1 aromatic rings. The second-order valence-corrected chi connectivity index (χ2v) is 5.43. The highest BCUT2D eigenvalue weighted by Gasteiger charge is 2.29. The van der Waals surface area contributed by atoms with Crippen LogP contribution in [-0.4, -0.2) is 47.6 Å². The predicted molar refractivity (Wildman–Crippen MR) is 81.8 cm³/mol. The molecule has 1 unspecified atom stereocenters. The number of aliphatic hydroxyl groups is 1. The Kier molecular flexibility index (Phi) is 7.09. The summed E-state index contributed by atoms with van der Waals surface area (Å²) in [5.41, 5.74) is -0.712. The van der Waals surface area contributed by atoms with Crippen molar-refractivity contribution in [2.75, 3.05) is 19.7 Å². The number of rotatable bonds is 7. The van der Waals surface area contributed by atoms with Gasteiger partial charge >= 0.3 is 0 Å². The Balaban J connectivity index is 3.00. The van der Waals surface area contributed by atoms with Gasteiger partial charge in [-0.1, -0.05) is 19.9 Å². The predicted octanol–water partition coefficient (Wildman–Crippen LogP) is 1.56. The lowest BCUT2D eigenvalue weighted by molar-refractivity contribution is -0.134. The Labute approximate surface area is 134 Å². The highest BCUT2D eigenvalue weighted by atomic mass is 19.1. The van der Waals surface area contributed by atoms with Crippen LogP contribution in [0, 0.1) is 17.6 Å². The molecule has 1 rings (SSSR count). The third-order valence-corrected chi connectivity index (χ3v) is 3.47. The van der Waals surface area contributed by atoms with Crippen LogP contribution < -0.4 is 5.32 Å². The fourth-order valence-electron chi connectivity index (χ4n) is 2.18. The first-order chi connectivity index (χ1) is 10.8. The lowest BCUT2D eigenvalue weighted by Crippen LogP contribution is -2.52. The summed E-state index contributed by atoms with van der Waals surface area (Å²) in [6.07, 6.45) is 0. The van der Waals surface area contributed by atoms with Crippen LogP contribution in [0.1, 0.15) is 31.1 Å². The van der Waals surface area contributed by atoms with Crippen LogP contribution in [-0.2, 0) is 4.79 Å². The van der Waals surface area contributed by atoms with E-state index in [0.717, 1.165) is 18.2 Å². The number of hydrogen-bond acceptors (Lipinski definition) is 3. The van der Waals surface area contributed by atoms with E-state index in [-0.39, 0.29) is 19.1 Å². The van der Waals surface area contributed by atoms with E-state index in [1.54, 1.807) is 20.8 Å². The third kappa shape index (κ3) is 4.72. The van der Waals surface area contributed by atoms with Crippen LogP contribution in [0.15, 0.2) is 18.2 Å². The molecule has 2 amide bonds. The number of amides is 2. The molecule has 0 radical (unpaired) electrons. The Bertz CT molecular complexity index is 544. The van der Waals surface area contributed by atoms with Gasteiger partial charge in [0.25, 0.3) is 5.91 Å². The normalized spacial score (nSPS) is 12.1. The van der Waals surface area contributed by atoms with Crippen LogP contribution in [0.2, 0.25) is 0 Å². The number of carbonyl (C=O) groups is 2. The van der Waals surface area contributed by atoms with Crippen LogP contribution in [0.5, 0.6) is 0 Å². The van der Waals surface area contributed by atoms with Gasteiger partial charge in [-0.3, -0.25) is 9.59 Å². The Morgan fingerprint density at radius 1 is 1.26 bits per heavy atom. The zero-order valence-electron chi connectivity index (χ0n) is 13.5. The van der Waals surface area contributed by atoms with Gasteiger partial charge in [-0.15, -0.1) is 0 Å². The average molecular weight is 328 g/mol. The molecule has 5 nitrogen and oxygen atoms in total. The highest BCUT2D eigenvalue weighted by Crippen LogP contribution is 2.14. The van der Waals surface area contributed by atoms with Crippen LogP contribution in [0.4, 0.5) is 8.78 Å². The van der Waals surface area contributed by atoms with Gasteiger partial charge in [-0.25, -0.2) is 8.78 Å². The van der Waals surface area contributed by atoms with Crippen molar-refractivity contribution in [3.05, 3.63) is 35.4 Å². The first-order valence-electron chi connectivity index (χ1n) is 7.48. The van der Waals surface area contributed by atoms with E-state index >= 15 is 0 Å². The lowest BCUT2D eigenvalue weighted by Gasteiger charge is -2.28. The molecule has 0 saturated carbocycles. The number of halogens is 2. The minimum atomic E-state index is -0.986. The minimum Gasteiger partial charge on any atom is -0.395 e. The van der Waals surface area contributed by atoms with E-state index in [9.17, 15) is 18.4 Å². The molecule has 0 aromatic heterocycles. The molecule has 0 aliphatic heterocycles. The smallest absolute Gasteiger partial charge is 0.257 e. The van der Waals surface area contributed by atoms with Gasteiger partial charge in [0.1, 0.15) is 23.2 Å². The summed E-state index contributed by atoms with van der Waals surface area (Å²) in [6, 6.07) is 2.18. The van der Waals surface area contributed by atoms with Crippen molar-refractivity contribution in [2.45, 2.75) is 26.8 Å². The summed E-state index contributed by atoms with van der Waals surface area (Å²) in [4.78, 5) is 26.0. The highest BCUT2D eigenvalue weighted by molar-refractivity contribution is 5.98. The molecule has 0 bridgehead atoms. The van der Waals surface area contributed by atoms with Crippen molar-refractivity contribution in [3.63, 3.8) is 0 Å². The van der Waals surface area contributed by atoms with Gasteiger partial charge in [-0.2, -0.15) is 0 Å². The zero-order chi connectivity index (χ0) is 17.6. The van der Waals surface area contributed by atoms with Crippen molar-refractivity contribution in [2.24, 2.45) is 5.92 Å². The maximum Gasteiger partial charge on any atom is 0.257 e. The SMILES string of the molecule is CCN(CCO)C(=O)C(NC(=O)c1c(F)cccc1F)C(C)C. The monoisotopic (exact) mass is 328 g/mol. The molecular weight excluding hydrogens is 306 g/mol. The quantitative estimate of drug-likeness (QED) is 0.798. The second kappa shape index (κ2) is 8.57. The van der Waals surface area contributed by atoms with E-state index in [2.05, 4.69) is 5.32 Å². The third-order valence-electron chi connectivity index (χ3n) is 3.47. The Morgan fingerprint density at radius 3 is 2.26 bits per heavy atom. The Hall–Kier alpha value is -2.02. The molecule has 128 valence electrons. The van der Waals surface area contributed by atoms with Gasteiger partial charge < -0.3 is 15.3 Å². The van der Waals surface area contributed by atoms with E-state index in [0.29, 0.717) is 6.54 Å². The molecule has 0 heterocycles. The molecule has 1 atom stereocenters.